The molecule has 3 N–H and O–H groups in total. The molecule has 0 bridgehead atoms. The van der Waals surface area contributed by atoms with Gasteiger partial charge in [0.05, 0.1) is 17.2 Å². The van der Waals surface area contributed by atoms with Crippen LogP contribution in [0, 0.1) is 22.5 Å². The molecular weight excluding hydrogens is 296 g/mol. The zero-order chi connectivity index (χ0) is 17.2. The van der Waals surface area contributed by atoms with Crippen LogP contribution in [0.1, 0.15) is 25.8 Å². The van der Waals surface area contributed by atoms with E-state index in [0.29, 0.717) is 5.69 Å². The molecule has 1 aromatic rings. The number of carbonyl (C=O) groups is 1. The molecule has 1 unspecified atom stereocenters. The maximum atomic E-state index is 12.3. The molecular formula is C16H24N4O3. The number of non-ortho nitro benzene ring substituents is 1. The van der Waals surface area contributed by atoms with Crippen molar-refractivity contribution in [3.8, 4) is 0 Å². The van der Waals surface area contributed by atoms with Crippen molar-refractivity contribution in [1.82, 2.24) is 4.90 Å². The van der Waals surface area contributed by atoms with Gasteiger partial charge in [-0.1, -0.05) is 19.9 Å². The van der Waals surface area contributed by atoms with E-state index in [1.54, 1.807) is 6.07 Å². The van der Waals surface area contributed by atoms with Crippen molar-refractivity contribution < 1.29 is 9.72 Å². The summed E-state index contributed by atoms with van der Waals surface area (Å²) in [6, 6.07) is 4.60. The number of nitrogens with two attached hydrogens (primary N) is 1. The Morgan fingerprint density at radius 2 is 2.22 bits per heavy atom. The molecule has 1 atom stereocenters. The minimum Gasteiger partial charge on any atom is -0.327 e. The summed E-state index contributed by atoms with van der Waals surface area (Å²) in [4.78, 5) is 24.7. The Labute approximate surface area is 136 Å². The molecule has 1 saturated heterocycles. The number of likely N-dealkylation sites (tertiary alicyclic amines) is 1. The molecule has 126 valence electrons. The molecule has 1 heterocycles. The zero-order valence-electron chi connectivity index (χ0n) is 13.8. The molecule has 0 radical (unpaired) electrons. The zero-order valence-corrected chi connectivity index (χ0v) is 13.8. The van der Waals surface area contributed by atoms with Crippen LogP contribution in [0.4, 0.5) is 11.4 Å². The van der Waals surface area contributed by atoms with Gasteiger partial charge in [0.25, 0.3) is 5.69 Å². The highest BCUT2D eigenvalue weighted by Crippen LogP contribution is 2.27. The van der Waals surface area contributed by atoms with Crippen molar-refractivity contribution >= 4 is 17.3 Å². The Morgan fingerprint density at radius 1 is 1.52 bits per heavy atom. The highest BCUT2D eigenvalue weighted by atomic mass is 16.6. The molecule has 0 spiro atoms. The third-order valence-electron chi connectivity index (χ3n) is 4.46. The third kappa shape index (κ3) is 4.27. The maximum Gasteiger partial charge on any atom is 0.271 e. The lowest BCUT2D eigenvalue weighted by Gasteiger charge is -2.42. The first-order valence-electron chi connectivity index (χ1n) is 7.72. The van der Waals surface area contributed by atoms with Gasteiger partial charge in [-0.05, 0) is 24.3 Å². The highest BCUT2D eigenvalue weighted by Gasteiger charge is 2.33. The van der Waals surface area contributed by atoms with Crippen LogP contribution in [0.2, 0.25) is 0 Å². The van der Waals surface area contributed by atoms with E-state index in [2.05, 4.69) is 24.1 Å². The topological polar surface area (TPSA) is 102 Å². The lowest BCUT2D eigenvalue weighted by molar-refractivity contribution is -0.384. The lowest BCUT2D eigenvalue weighted by atomic mass is 9.80. The van der Waals surface area contributed by atoms with E-state index in [1.807, 2.05) is 6.92 Å². The van der Waals surface area contributed by atoms with E-state index in [-0.39, 0.29) is 29.6 Å². The molecule has 1 amide bonds. The molecule has 23 heavy (non-hydrogen) atoms. The van der Waals surface area contributed by atoms with Gasteiger partial charge in [-0.15, -0.1) is 0 Å². The summed E-state index contributed by atoms with van der Waals surface area (Å²) in [7, 11) is 0. The monoisotopic (exact) mass is 320 g/mol. The average molecular weight is 320 g/mol. The summed E-state index contributed by atoms with van der Waals surface area (Å²) >= 11 is 0. The number of nitro groups is 1. The van der Waals surface area contributed by atoms with Crippen molar-refractivity contribution in [2.45, 2.75) is 33.2 Å². The molecule has 0 aromatic heterocycles. The first-order chi connectivity index (χ1) is 10.7. The van der Waals surface area contributed by atoms with Gasteiger partial charge < -0.3 is 11.1 Å². The molecule has 0 aliphatic carbocycles. The molecule has 0 saturated carbocycles. The number of nitrogens with zero attached hydrogens (tertiary/aromatic N) is 2. The van der Waals surface area contributed by atoms with Crippen LogP contribution < -0.4 is 11.1 Å². The molecule has 2 rings (SSSR count). The van der Waals surface area contributed by atoms with Crippen LogP contribution in [-0.2, 0) is 4.79 Å². The van der Waals surface area contributed by atoms with Crippen molar-refractivity contribution in [2.75, 3.05) is 25.0 Å². The largest absolute Gasteiger partial charge is 0.327 e. The van der Waals surface area contributed by atoms with E-state index < -0.39 is 4.92 Å². The number of aryl methyl sites for hydroxylation is 1. The van der Waals surface area contributed by atoms with Gasteiger partial charge in [-0.25, -0.2) is 0 Å². The number of piperidine rings is 1. The summed E-state index contributed by atoms with van der Waals surface area (Å²) in [5.41, 5.74) is 7.32. The van der Waals surface area contributed by atoms with Crippen LogP contribution in [0.25, 0.3) is 0 Å². The van der Waals surface area contributed by atoms with Gasteiger partial charge in [0, 0.05) is 31.3 Å². The number of benzene rings is 1. The summed E-state index contributed by atoms with van der Waals surface area (Å²) < 4.78 is 0. The van der Waals surface area contributed by atoms with Gasteiger partial charge in [-0.3, -0.25) is 19.8 Å². The van der Waals surface area contributed by atoms with Gasteiger partial charge >= 0.3 is 0 Å². The third-order valence-corrected chi connectivity index (χ3v) is 4.46. The Kier molecular flexibility index (Phi) is 5.01. The average Bonchev–Trinajstić information content (AvgIpc) is 2.44. The van der Waals surface area contributed by atoms with Crippen molar-refractivity contribution in [3.63, 3.8) is 0 Å². The summed E-state index contributed by atoms with van der Waals surface area (Å²) in [5, 5.41) is 13.6. The normalized spacial score (nSPS) is 21.0. The van der Waals surface area contributed by atoms with Crippen molar-refractivity contribution in [1.29, 1.82) is 0 Å². The second kappa shape index (κ2) is 6.64. The van der Waals surface area contributed by atoms with Gasteiger partial charge in [0.2, 0.25) is 5.91 Å². The fourth-order valence-corrected chi connectivity index (χ4v) is 2.87. The maximum absolute atomic E-state index is 12.3. The van der Waals surface area contributed by atoms with E-state index >= 15 is 0 Å². The number of nitro benzene ring substituents is 1. The van der Waals surface area contributed by atoms with E-state index in [1.165, 1.54) is 12.1 Å². The Bertz CT molecular complexity index is 615. The smallest absolute Gasteiger partial charge is 0.271 e. The first kappa shape index (κ1) is 17.4. The standard InChI is InChI=1S/C16H24N4O3/c1-11-4-5-12(20(22)23)8-13(11)18-15(21)9-19-7-6-14(17)16(2,3)10-19/h4-5,8,14H,6-7,9-10,17H2,1-3H3,(H,18,21). The number of amides is 1. The van der Waals surface area contributed by atoms with Gasteiger partial charge in [-0.2, -0.15) is 0 Å². The minimum absolute atomic E-state index is 0.0278. The number of carbonyl (C=O) groups excluding carboxylic acids is 1. The minimum atomic E-state index is -0.469. The summed E-state index contributed by atoms with van der Waals surface area (Å²) in [5.74, 6) is -0.167. The SMILES string of the molecule is Cc1ccc([N+](=O)[O-])cc1NC(=O)CN1CCC(N)C(C)(C)C1. The van der Waals surface area contributed by atoms with Crippen LogP contribution in [-0.4, -0.2) is 41.4 Å². The number of hydrogen-bond acceptors (Lipinski definition) is 5. The predicted octanol–water partition coefficient (Wildman–Crippen LogP) is 1.90. The van der Waals surface area contributed by atoms with Gasteiger partial charge in [0.15, 0.2) is 0 Å². The molecule has 7 nitrogen and oxygen atoms in total. The number of rotatable bonds is 4. The lowest BCUT2D eigenvalue weighted by Crippen LogP contribution is -2.53. The van der Waals surface area contributed by atoms with Crippen LogP contribution in [0.5, 0.6) is 0 Å². The highest BCUT2D eigenvalue weighted by molar-refractivity contribution is 5.93. The number of hydrogen-bond donors (Lipinski definition) is 2. The molecule has 7 heteroatoms. The fourth-order valence-electron chi connectivity index (χ4n) is 2.87. The fraction of sp³-hybridized carbons (Fsp3) is 0.562. The van der Waals surface area contributed by atoms with E-state index in [0.717, 1.165) is 25.1 Å². The number of nitrogens with one attached hydrogen (secondary N) is 1. The first-order valence-corrected chi connectivity index (χ1v) is 7.72. The quantitative estimate of drug-likeness (QED) is 0.651. The second-order valence-electron chi connectivity index (χ2n) is 6.90. The Balaban J connectivity index is 2.00. The van der Waals surface area contributed by atoms with Crippen LogP contribution >= 0.6 is 0 Å². The van der Waals surface area contributed by atoms with Crippen molar-refractivity contribution in [2.24, 2.45) is 11.1 Å². The molecule has 1 aliphatic heterocycles. The Hall–Kier alpha value is -1.99. The second-order valence-corrected chi connectivity index (χ2v) is 6.90. The van der Waals surface area contributed by atoms with Gasteiger partial charge in [0.1, 0.15) is 0 Å². The van der Waals surface area contributed by atoms with E-state index in [9.17, 15) is 14.9 Å². The van der Waals surface area contributed by atoms with Crippen LogP contribution in [0.15, 0.2) is 18.2 Å². The molecule has 1 aliphatic rings. The van der Waals surface area contributed by atoms with E-state index in [4.69, 9.17) is 5.73 Å². The summed E-state index contributed by atoms with van der Waals surface area (Å²) in [6.45, 7) is 7.82. The Morgan fingerprint density at radius 3 is 2.83 bits per heavy atom. The number of anilines is 1. The van der Waals surface area contributed by atoms with Crippen LogP contribution in [0.3, 0.4) is 0 Å². The van der Waals surface area contributed by atoms with Crippen molar-refractivity contribution in [3.05, 3.63) is 33.9 Å². The predicted molar refractivity (Wildman–Crippen MR) is 89.3 cm³/mol. The molecule has 1 aromatic carbocycles. The molecule has 1 fully saturated rings. The summed E-state index contributed by atoms with van der Waals surface area (Å²) in [6.07, 6.45) is 0.857.